The quantitative estimate of drug-likeness (QED) is 0.775. The lowest BCUT2D eigenvalue weighted by Crippen LogP contribution is -2.40. The van der Waals surface area contributed by atoms with Crippen molar-refractivity contribution >= 4 is 12.0 Å². The number of aliphatic carboxylic acids is 1. The highest BCUT2D eigenvalue weighted by Gasteiger charge is 2.31. The van der Waals surface area contributed by atoms with Crippen molar-refractivity contribution in [3.05, 3.63) is 35.4 Å². The van der Waals surface area contributed by atoms with Gasteiger partial charge in [0.15, 0.2) is 0 Å². The smallest absolute Gasteiger partial charge is 0.416 e. The van der Waals surface area contributed by atoms with E-state index in [2.05, 4.69) is 5.32 Å². The number of urea groups is 1. The van der Waals surface area contributed by atoms with Gasteiger partial charge < -0.3 is 15.3 Å². The van der Waals surface area contributed by atoms with Gasteiger partial charge in [0.2, 0.25) is 0 Å². The van der Waals surface area contributed by atoms with Crippen LogP contribution in [-0.2, 0) is 11.0 Å². The Labute approximate surface area is 144 Å². The molecule has 5 nitrogen and oxygen atoms in total. The van der Waals surface area contributed by atoms with E-state index >= 15 is 0 Å². The van der Waals surface area contributed by atoms with Gasteiger partial charge in [0.1, 0.15) is 0 Å². The molecule has 1 aromatic carbocycles. The van der Waals surface area contributed by atoms with Crippen LogP contribution >= 0.6 is 0 Å². The van der Waals surface area contributed by atoms with Gasteiger partial charge >= 0.3 is 18.2 Å². The van der Waals surface area contributed by atoms with Crippen LogP contribution in [0.3, 0.4) is 0 Å². The van der Waals surface area contributed by atoms with Gasteiger partial charge in [0.05, 0.1) is 18.0 Å². The fourth-order valence-corrected chi connectivity index (χ4v) is 2.31. The molecule has 0 aliphatic carbocycles. The number of nitrogens with one attached hydrogen (secondary N) is 1. The van der Waals surface area contributed by atoms with E-state index in [0.29, 0.717) is 12.0 Å². The van der Waals surface area contributed by atoms with Gasteiger partial charge in [-0.3, -0.25) is 4.79 Å². The molecular formula is C17H23F3N2O3. The molecule has 25 heavy (non-hydrogen) atoms. The summed E-state index contributed by atoms with van der Waals surface area (Å²) >= 11 is 0. The van der Waals surface area contributed by atoms with Crippen molar-refractivity contribution in [3.63, 3.8) is 0 Å². The summed E-state index contributed by atoms with van der Waals surface area (Å²) in [5.74, 6) is -0.888. The van der Waals surface area contributed by atoms with E-state index in [1.807, 2.05) is 13.8 Å². The maximum Gasteiger partial charge on any atom is 0.416 e. The van der Waals surface area contributed by atoms with E-state index in [4.69, 9.17) is 5.11 Å². The minimum atomic E-state index is -4.46. The Kier molecular flexibility index (Phi) is 7.26. The van der Waals surface area contributed by atoms with Crippen LogP contribution in [0.4, 0.5) is 18.0 Å². The molecule has 1 aromatic rings. The first kappa shape index (κ1) is 20.8. The molecule has 0 bridgehead atoms. The fourth-order valence-electron chi connectivity index (χ4n) is 2.31. The van der Waals surface area contributed by atoms with Crippen molar-refractivity contribution in [1.29, 1.82) is 0 Å². The number of alkyl halides is 3. The van der Waals surface area contributed by atoms with E-state index in [0.717, 1.165) is 12.1 Å². The molecule has 0 aliphatic rings. The minimum absolute atomic E-state index is 0.0121. The van der Waals surface area contributed by atoms with Gasteiger partial charge in [-0.2, -0.15) is 13.2 Å². The zero-order valence-corrected chi connectivity index (χ0v) is 14.4. The van der Waals surface area contributed by atoms with Crippen LogP contribution in [0.25, 0.3) is 0 Å². The number of hydrogen-bond donors (Lipinski definition) is 2. The maximum absolute atomic E-state index is 12.9. The summed E-state index contributed by atoms with van der Waals surface area (Å²) in [7, 11) is 1.44. The largest absolute Gasteiger partial charge is 0.481 e. The topological polar surface area (TPSA) is 69.6 Å². The normalized spacial score (nSPS) is 12.8. The van der Waals surface area contributed by atoms with Gasteiger partial charge in [0, 0.05) is 13.6 Å². The Morgan fingerprint density at radius 1 is 1.28 bits per heavy atom. The summed E-state index contributed by atoms with van der Waals surface area (Å²) in [4.78, 5) is 24.0. The molecule has 0 aliphatic heterocycles. The second kappa shape index (κ2) is 8.73. The Morgan fingerprint density at radius 3 is 2.44 bits per heavy atom. The Balaban J connectivity index is 2.94. The van der Waals surface area contributed by atoms with Crippen LogP contribution in [0.15, 0.2) is 24.3 Å². The Morgan fingerprint density at radius 2 is 1.92 bits per heavy atom. The number of carboxylic acids is 1. The summed E-state index contributed by atoms with van der Waals surface area (Å²) in [5.41, 5.74) is -0.407. The lowest BCUT2D eigenvalue weighted by molar-refractivity contribution is -0.138. The fraction of sp³-hybridized carbons (Fsp3) is 0.529. The first-order valence-electron chi connectivity index (χ1n) is 7.91. The molecule has 1 rings (SSSR count). The molecular weight excluding hydrogens is 337 g/mol. The zero-order valence-electron chi connectivity index (χ0n) is 14.4. The molecule has 0 heterocycles. The average Bonchev–Trinajstić information content (AvgIpc) is 2.50. The van der Waals surface area contributed by atoms with Crippen molar-refractivity contribution in [2.24, 2.45) is 5.92 Å². The maximum atomic E-state index is 12.9. The van der Waals surface area contributed by atoms with Crippen molar-refractivity contribution < 1.29 is 27.9 Å². The van der Waals surface area contributed by atoms with Crippen molar-refractivity contribution in [1.82, 2.24) is 10.2 Å². The summed E-state index contributed by atoms with van der Waals surface area (Å²) in [5, 5.41) is 11.4. The van der Waals surface area contributed by atoms with Crippen LogP contribution in [0.1, 0.15) is 43.9 Å². The predicted molar refractivity (Wildman–Crippen MR) is 87.1 cm³/mol. The third-order valence-corrected chi connectivity index (χ3v) is 3.63. The molecule has 0 saturated heterocycles. The Hall–Kier alpha value is -2.25. The van der Waals surface area contributed by atoms with Gasteiger partial charge in [-0.05, 0) is 30.0 Å². The SMILES string of the molecule is CC(C)CC(NC(=O)N(C)CCC(=O)O)c1cccc(C(F)(F)F)c1. The molecule has 0 spiro atoms. The third kappa shape index (κ3) is 7.03. The van der Waals surface area contributed by atoms with Gasteiger partial charge in [0.25, 0.3) is 0 Å². The average molecular weight is 360 g/mol. The van der Waals surface area contributed by atoms with E-state index < -0.39 is 29.8 Å². The number of hydrogen-bond acceptors (Lipinski definition) is 2. The molecule has 0 fully saturated rings. The van der Waals surface area contributed by atoms with E-state index in [1.54, 1.807) is 6.07 Å². The summed E-state index contributed by atoms with van der Waals surface area (Å²) in [6, 6.07) is 3.75. The second-order valence-electron chi connectivity index (χ2n) is 6.32. The Bertz CT molecular complexity index is 603. The monoisotopic (exact) mass is 360 g/mol. The first-order valence-corrected chi connectivity index (χ1v) is 7.91. The van der Waals surface area contributed by atoms with Crippen molar-refractivity contribution in [2.45, 2.75) is 38.9 Å². The molecule has 2 amide bonds. The molecule has 0 saturated carbocycles. The number of carbonyl (C=O) groups excluding carboxylic acids is 1. The number of nitrogens with zero attached hydrogens (tertiary/aromatic N) is 1. The van der Waals surface area contributed by atoms with Gasteiger partial charge in [-0.1, -0.05) is 26.0 Å². The van der Waals surface area contributed by atoms with Crippen molar-refractivity contribution in [2.75, 3.05) is 13.6 Å². The number of benzene rings is 1. The minimum Gasteiger partial charge on any atom is -0.481 e. The molecule has 8 heteroatoms. The third-order valence-electron chi connectivity index (χ3n) is 3.63. The molecule has 0 radical (unpaired) electrons. The lowest BCUT2D eigenvalue weighted by atomic mass is 9.95. The number of rotatable bonds is 7. The van der Waals surface area contributed by atoms with E-state index in [1.165, 1.54) is 18.0 Å². The number of amides is 2. The lowest BCUT2D eigenvalue weighted by Gasteiger charge is -2.25. The number of carboxylic acid groups (broad SMARTS) is 1. The molecule has 0 aromatic heterocycles. The van der Waals surface area contributed by atoms with Gasteiger partial charge in [-0.25, -0.2) is 4.79 Å². The van der Waals surface area contributed by atoms with Crippen LogP contribution in [0.2, 0.25) is 0 Å². The van der Waals surface area contributed by atoms with Crippen LogP contribution in [-0.4, -0.2) is 35.6 Å². The van der Waals surface area contributed by atoms with Gasteiger partial charge in [-0.15, -0.1) is 0 Å². The first-order chi connectivity index (χ1) is 11.5. The highest BCUT2D eigenvalue weighted by molar-refractivity contribution is 5.75. The number of halogens is 3. The molecule has 140 valence electrons. The van der Waals surface area contributed by atoms with Crippen LogP contribution in [0.5, 0.6) is 0 Å². The summed E-state index contributed by atoms with van der Waals surface area (Å²) in [6.07, 6.45) is -4.21. The standard InChI is InChI=1S/C17H23F3N2O3/c1-11(2)9-14(21-16(25)22(3)8-7-15(23)24)12-5-4-6-13(10-12)17(18,19)20/h4-6,10-11,14H,7-9H2,1-3H3,(H,21,25)(H,23,24). The zero-order chi connectivity index (χ0) is 19.2. The van der Waals surface area contributed by atoms with E-state index in [9.17, 15) is 22.8 Å². The van der Waals surface area contributed by atoms with Crippen LogP contribution in [0, 0.1) is 5.92 Å². The second-order valence-corrected chi connectivity index (χ2v) is 6.32. The number of carbonyl (C=O) groups is 2. The van der Waals surface area contributed by atoms with Crippen LogP contribution < -0.4 is 5.32 Å². The molecule has 1 unspecified atom stereocenters. The summed E-state index contributed by atoms with van der Waals surface area (Å²) < 4.78 is 38.7. The molecule has 1 atom stereocenters. The summed E-state index contributed by atoms with van der Waals surface area (Å²) in [6.45, 7) is 3.82. The highest BCUT2D eigenvalue weighted by atomic mass is 19.4. The van der Waals surface area contributed by atoms with E-state index in [-0.39, 0.29) is 18.9 Å². The predicted octanol–water partition coefficient (Wildman–Crippen LogP) is 3.91. The highest BCUT2D eigenvalue weighted by Crippen LogP contribution is 2.32. The van der Waals surface area contributed by atoms with Crippen molar-refractivity contribution in [3.8, 4) is 0 Å². The molecule has 2 N–H and O–H groups in total.